The number of hydrogen-bond acceptors (Lipinski definition) is 3. The van der Waals surface area contributed by atoms with E-state index in [-0.39, 0.29) is 17.0 Å². The summed E-state index contributed by atoms with van der Waals surface area (Å²) in [7, 11) is 1.76. The first-order chi connectivity index (χ1) is 16.3. The van der Waals surface area contributed by atoms with E-state index in [1.54, 1.807) is 19.2 Å². The van der Waals surface area contributed by atoms with Crippen LogP contribution in [-0.2, 0) is 17.4 Å². The van der Waals surface area contributed by atoms with E-state index in [1.165, 1.54) is 12.1 Å². The summed E-state index contributed by atoms with van der Waals surface area (Å²) in [6.07, 6.45) is -0.125. The molecule has 34 heavy (non-hydrogen) atoms. The first kappa shape index (κ1) is 24.8. The molecule has 1 aliphatic rings. The van der Waals surface area contributed by atoms with Crippen LogP contribution in [0.5, 0.6) is 0 Å². The number of nitriles is 1. The predicted molar refractivity (Wildman–Crippen MR) is 126 cm³/mol. The highest BCUT2D eigenvalue weighted by Crippen LogP contribution is 2.41. The molecule has 0 fully saturated rings. The molecule has 1 atom stereocenters. The van der Waals surface area contributed by atoms with E-state index in [0.29, 0.717) is 43.4 Å². The minimum atomic E-state index is -4.56. The molecule has 0 heterocycles. The smallest absolute Gasteiger partial charge is 0.388 e. The lowest BCUT2D eigenvalue weighted by Gasteiger charge is -2.28. The standard InChI is InChI=1S/C27H26F3N3O/c1-18(32-2)24(14-19-6-4-3-5-7-19)26(33-17-34)22-11-9-21(10-12-22)23-13-8-20(16-31)15-25(23)27(28,29)30/h3-9,13,15,17,22,32H,1,10-12,14H2,2H3,(H,33,34)/b26-24-. The van der Waals surface area contributed by atoms with Gasteiger partial charge in [0, 0.05) is 30.8 Å². The van der Waals surface area contributed by atoms with Crippen molar-refractivity contribution in [1.29, 1.82) is 5.26 Å². The number of carbonyl (C=O) groups is 1. The first-order valence-corrected chi connectivity index (χ1v) is 10.9. The molecule has 0 aliphatic heterocycles. The summed E-state index contributed by atoms with van der Waals surface area (Å²) in [5.41, 5.74) is 3.18. The summed E-state index contributed by atoms with van der Waals surface area (Å²) >= 11 is 0. The van der Waals surface area contributed by atoms with Gasteiger partial charge in [-0.2, -0.15) is 18.4 Å². The quantitative estimate of drug-likeness (QED) is 0.386. The lowest BCUT2D eigenvalue weighted by Crippen LogP contribution is -2.26. The van der Waals surface area contributed by atoms with Gasteiger partial charge in [-0.3, -0.25) is 4.79 Å². The van der Waals surface area contributed by atoms with Crippen molar-refractivity contribution < 1.29 is 18.0 Å². The Bertz CT molecular complexity index is 1160. The minimum absolute atomic E-state index is 0.0260. The topological polar surface area (TPSA) is 64.9 Å². The fourth-order valence-corrected chi connectivity index (χ4v) is 4.30. The first-order valence-electron chi connectivity index (χ1n) is 10.9. The van der Waals surface area contributed by atoms with Gasteiger partial charge in [-0.1, -0.05) is 49.1 Å². The number of nitrogens with one attached hydrogen (secondary N) is 2. The number of rotatable bonds is 8. The molecule has 7 heteroatoms. The van der Waals surface area contributed by atoms with Crippen LogP contribution in [0.3, 0.4) is 0 Å². The molecule has 1 unspecified atom stereocenters. The molecular formula is C27H26F3N3O. The molecule has 2 aromatic rings. The van der Waals surface area contributed by atoms with Crippen LogP contribution in [0.15, 0.2) is 78.2 Å². The van der Waals surface area contributed by atoms with Crippen molar-refractivity contribution in [3.63, 3.8) is 0 Å². The third kappa shape index (κ3) is 5.76. The fourth-order valence-electron chi connectivity index (χ4n) is 4.30. The molecule has 0 saturated heterocycles. The van der Waals surface area contributed by atoms with Gasteiger partial charge in [0.15, 0.2) is 0 Å². The largest absolute Gasteiger partial charge is 0.417 e. The number of allylic oxidation sites excluding steroid dienone is 4. The Balaban J connectivity index is 1.97. The van der Waals surface area contributed by atoms with E-state index in [0.717, 1.165) is 22.9 Å². The summed E-state index contributed by atoms with van der Waals surface area (Å²) in [6.45, 7) is 4.09. The number of likely N-dealkylation sites (N-methyl/N-ethyl adjacent to an activating group) is 1. The van der Waals surface area contributed by atoms with Gasteiger partial charge in [0.1, 0.15) is 0 Å². The van der Waals surface area contributed by atoms with Gasteiger partial charge in [0.2, 0.25) is 6.41 Å². The lowest BCUT2D eigenvalue weighted by molar-refractivity contribution is -0.137. The SMILES string of the molecule is C=C(NC)/C(Cc1ccccc1)=C(\NC=O)C1CC=C(c2ccc(C#N)cc2C(F)(F)F)CC1. The van der Waals surface area contributed by atoms with E-state index in [2.05, 4.69) is 17.2 Å². The van der Waals surface area contributed by atoms with E-state index >= 15 is 0 Å². The summed E-state index contributed by atoms with van der Waals surface area (Å²) in [5, 5.41) is 14.9. The highest BCUT2D eigenvalue weighted by molar-refractivity contribution is 5.70. The molecule has 0 spiro atoms. The Morgan fingerprint density at radius 3 is 2.53 bits per heavy atom. The van der Waals surface area contributed by atoms with Gasteiger partial charge in [-0.25, -0.2) is 0 Å². The molecule has 0 bridgehead atoms. The maximum Gasteiger partial charge on any atom is 0.417 e. The van der Waals surface area contributed by atoms with Crippen molar-refractivity contribution in [2.45, 2.75) is 31.9 Å². The molecule has 0 aromatic heterocycles. The number of halogens is 3. The van der Waals surface area contributed by atoms with Crippen LogP contribution in [0.2, 0.25) is 0 Å². The Morgan fingerprint density at radius 1 is 1.24 bits per heavy atom. The lowest BCUT2D eigenvalue weighted by atomic mass is 9.81. The summed E-state index contributed by atoms with van der Waals surface area (Å²) in [6, 6.07) is 15.2. The maximum absolute atomic E-state index is 13.7. The summed E-state index contributed by atoms with van der Waals surface area (Å²) < 4.78 is 41.0. The number of hydrogen-bond donors (Lipinski definition) is 2. The van der Waals surface area contributed by atoms with E-state index in [1.807, 2.05) is 30.3 Å². The van der Waals surface area contributed by atoms with Crippen LogP contribution >= 0.6 is 0 Å². The molecule has 1 amide bonds. The third-order valence-electron chi connectivity index (χ3n) is 6.05. The fraction of sp³-hybridized carbons (Fsp3) is 0.259. The number of carbonyl (C=O) groups excluding carboxylic acids is 1. The van der Waals surface area contributed by atoms with Crippen LogP contribution in [0.25, 0.3) is 5.57 Å². The Morgan fingerprint density at radius 2 is 1.97 bits per heavy atom. The Hall–Kier alpha value is -3.79. The Kier molecular flexibility index (Phi) is 7.95. The van der Waals surface area contributed by atoms with Gasteiger partial charge >= 0.3 is 6.18 Å². The van der Waals surface area contributed by atoms with Crippen molar-refractivity contribution in [3.05, 3.63) is 100 Å². The number of alkyl halides is 3. The second-order valence-corrected chi connectivity index (χ2v) is 8.12. The molecule has 2 aromatic carbocycles. The van der Waals surface area contributed by atoms with Crippen molar-refractivity contribution in [3.8, 4) is 6.07 Å². The van der Waals surface area contributed by atoms with Gasteiger partial charge in [0.05, 0.1) is 17.2 Å². The van der Waals surface area contributed by atoms with Gasteiger partial charge in [-0.05, 0) is 53.7 Å². The van der Waals surface area contributed by atoms with Crippen LogP contribution in [-0.4, -0.2) is 13.5 Å². The normalized spacial score (nSPS) is 16.6. The zero-order valence-corrected chi connectivity index (χ0v) is 18.9. The van der Waals surface area contributed by atoms with E-state index in [9.17, 15) is 18.0 Å². The monoisotopic (exact) mass is 465 g/mol. The average molecular weight is 466 g/mol. The van der Waals surface area contributed by atoms with Gasteiger partial charge in [0.25, 0.3) is 0 Å². The zero-order chi connectivity index (χ0) is 24.7. The molecule has 0 saturated carbocycles. The van der Waals surface area contributed by atoms with Crippen LogP contribution in [0.4, 0.5) is 13.2 Å². The molecule has 176 valence electrons. The molecule has 3 rings (SSSR count). The highest BCUT2D eigenvalue weighted by Gasteiger charge is 2.35. The van der Waals surface area contributed by atoms with Crippen molar-refractivity contribution in [2.24, 2.45) is 5.92 Å². The van der Waals surface area contributed by atoms with Crippen molar-refractivity contribution >= 4 is 12.0 Å². The number of nitrogens with zero attached hydrogens (tertiary/aromatic N) is 1. The zero-order valence-electron chi connectivity index (χ0n) is 18.9. The van der Waals surface area contributed by atoms with Crippen molar-refractivity contribution in [2.75, 3.05) is 7.05 Å². The van der Waals surface area contributed by atoms with Gasteiger partial charge in [-0.15, -0.1) is 0 Å². The number of amides is 1. The predicted octanol–water partition coefficient (Wildman–Crippen LogP) is 5.74. The molecule has 2 N–H and O–H groups in total. The summed E-state index contributed by atoms with van der Waals surface area (Å²) in [5.74, 6) is -0.0783. The van der Waals surface area contributed by atoms with E-state index in [4.69, 9.17) is 5.26 Å². The minimum Gasteiger partial charge on any atom is -0.388 e. The van der Waals surface area contributed by atoms with Crippen LogP contribution < -0.4 is 10.6 Å². The highest BCUT2D eigenvalue weighted by atomic mass is 19.4. The van der Waals surface area contributed by atoms with Crippen molar-refractivity contribution in [1.82, 2.24) is 10.6 Å². The average Bonchev–Trinajstić information content (AvgIpc) is 2.85. The number of benzene rings is 2. The second kappa shape index (κ2) is 10.9. The Labute approximate surface area is 197 Å². The molecule has 4 nitrogen and oxygen atoms in total. The van der Waals surface area contributed by atoms with Gasteiger partial charge < -0.3 is 10.6 Å². The third-order valence-corrected chi connectivity index (χ3v) is 6.05. The van der Waals surface area contributed by atoms with E-state index < -0.39 is 11.7 Å². The maximum atomic E-state index is 13.7. The van der Waals surface area contributed by atoms with Crippen LogP contribution in [0, 0.1) is 17.2 Å². The molecule has 0 radical (unpaired) electrons. The summed E-state index contributed by atoms with van der Waals surface area (Å²) in [4.78, 5) is 11.5. The molecular weight excluding hydrogens is 439 g/mol. The second-order valence-electron chi connectivity index (χ2n) is 8.12. The van der Waals surface area contributed by atoms with Crippen LogP contribution in [0.1, 0.15) is 41.5 Å². The molecule has 1 aliphatic carbocycles.